The zero-order valence-electron chi connectivity index (χ0n) is 16.0. The first kappa shape index (κ1) is 25.5. The van der Waals surface area contributed by atoms with E-state index in [-0.39, 0.29) is 30.6 Å². The van der Waals surface area contributed by atoms with Gasteiger partial charge in [0.15, 0.2) is 11.5 Å². The van der Waals surface area contributed by atoms with Gasteiger partial charge in [-0.2, -0.15) is 0 Å². The van der Waals surface area contributed by atoms with Gasteiger partial charge in [0.05, 0.1) is 7.11 Å². The van der Waals surface area contributed by atoms with Crippen molar-refractivity contribution in [1.29, 1.82) is 0 Å². The summed E-state index contributed by atoms with van der Waals surface area (Å²) in [7, 11) is 5.78. The summed E-state index contributed by atoms with van der Waals surface area (Å²) in [6.45, 7) is 3.07. The van der Waals surface area contributed by atoms with Gasteiger partial charge >= 0.3 is 0 Å². The van der Waals surface area contributed by atoms with Gasteiger partial charge in [-0.1, -0.05) is 24.3 Å². The molecule has 0 spiro atoms. The number of rotatable bonds is 10. The summed E-state index contributed by atoms with van der Waals surface area (Å²) in [5.74, 6) is 1.19. The number of nitrogens with one attached hydrogen (secondary N) is 1. The number of ether oxygens (including phenoxy) is 2. The molecule has 0 saturated heterocycles. The molecule has 0 unspecified atom stereocenters. The van der Waals surface area contributed by atoms with Crippen molar-refractivity contribution in [2.24, 2.45) is 0 Å². The van der Waals surface area contributed by atoms with Crippen LogP contribution in [0.15, 0.2) is 42.5 Å². The van der Waals surface area contributed by atoms with Crippen LogP contribution in [0.2, 0.25) is 0 Å². The average molecular weight is 419 g/mol. The van der Waals surface area contributed by atoms with Crippen LogP contribution >= 0.6 is 24.8 Å². The van der Waals surface area contributed by atoms with Gasteiger partial charge < -0.3 is 19.7 Å². The van der Waals surface area contributed by atoms with E-state index in [1.807, 2.05) is 18.2 Å². The highest BCUT2D eigenvalue weighted by atomic mass is 35.5. The Kier molecular flexibility index (Phi) is 12.8. The summed E-state index contributed by atoms with van der Waals surface area (Å²) in [5.41, 5.74) is 1.96. The van der Waals surface area contributed by atoms with Crippen molar-refractivity contribution in [3.63, 3.8) is 0 Å². The zero-order valence-corrected chi connectivity index (χ0v) is 17.7. The average Bonchev–Trinajstić information content (AvgIpc) is 2.61. The van der Waals surface area contributed by atoms with Gasteiger partial charge in [0.2, 0.25) is 0 Å². The lowest BCUT2D eigenvalue weighted by atomic mass is 10.1. The van der Waals surface area contributed by atoms with Gasteiger partial charge in [-0.3, -0.25) is 0 Å². The minimum atomic E-state index is -0.247. The molecule has 0 atom stereocenters. The fourth-order valence-electron chi connectivity index (χ4n) is 2.50. The Labute approximate surface area is 173 Å². The summed E-state index contributed by atoms with van der Waals surface area (Å²) in [4.78, 5) is 2.17. The molecule has 4 nitrogen and oxygen atoms in total. The molecule has 0 amide bonds. The van der Waals surface area contributed by atoms with Crippen molar-refractivity contribution in [2.45, 2.75) is 19.6 Å². The predicted octanol–water partition coefficient (Wildman–Crippen LogP) is 4.30. The second-order valence-electron chi connectivity index (χ2n) is 6.20. The molecule has 7 heteroatoms. The molecule has 2 aromatic carbocycles. The van der Waals surface area contributed by atoms with Crippen molar-refractivity contribution >= 4 is 24.8 Å². The normalized spacial score (nSPS) is 10.1. The molecule has 0 fully saturated rings. The SMILES string of the molecule is COc1cccc(CNCCCN(C)C)c1OCc1ccc(F)cc1.Cl.Cl. The molecule has 0 radical (unpaired) electrons. The second-order valence-corrected chi connectivity index (χ2v) is 6.20. The first-order valence-electron chi connectivity index (χ1n) is 8.48. The summed E-state index contributed by atoms with van der Waals surface area (Å²) in [5, 5.41) is 3.44. The molecular formula is C20H29Cl2FN2O2. The molecule has 0 aliphatic heterocycles. The lowest BCUT2D eigenvalue weighted by Crippen LogP contribution is -2.21. The molecule has 27 heavy (non-hydrogen) atoms. The third-order valence-corrected chi connectivity index (χ3v) is 3.85. The highest BCUT2D eigenvalue weighted by Crippen LogP contribution is 2.31. The Morgan fingerprint density at radius 3 is 2.37 bits per heavy atom. The Morgan fingerprint density at radius 1 is 1.04 bits per heavy atom. The summed E-state index contributed by atoms with van der Waals surface area (Å²) >= 11 is 0. The number of halogens is 3. The number of para-hydroxylation sites is 1. The Bertz CT molecular complexity index is 655. The molecule has 0 bridgehead atoms. The molecule has 2 rings (SSSR count). The Balaban J connectivity index is 0.00000338. The summed E-state index contributed by atoms with van der Waals surface area (Å²) < 4.78 is 24.4. The Morgan fingerprint density at radius 2 is 1.74 bits per heavy atom. The van der Waals surface area contributed by atoms with Gasteiger partial charge in [-0.05, 0) is 57.4 Å². The standard InChI is InChI=1S/C20H27FN2O2.2ClH/c1-23(2)13-5-12-22-14-17-6-4-7-19(24-3)20(17)25-15-16-8-10-18(21)11-9-16;;/h4,6-11,22H,5,12-15H2,1-3H3;2*1H. The van der Waals surface area contributed by atoms with E-state index in [0.717, 1.165) is 36.4 Å². The van der Waals surface area contributed by atoms with Crippen molar-refractivity contribution in [1.82, 2.24) is 10.2 Å². The van der Waals surface area contributed by atoms with Crippen LogP contribution in [0, 0.1) is 5.82 Å². The van der Waals surface area contributed by atoms with Crippen LogP contribution in [0.3, 0.4) is 0 Å². The predicted molar refractivity (Wildman–Crippen MR) is 113 cm³/mol. The Hall–Kier alpha value is -1.53. The largest absolute Gasteiger partial charge is 0.493 e. The minimum absolute atomic E-state index is 0. The second kappa shape index (κ2) is 13.6. The quantitative estimate of drug-likeness (QED) is 0.583. The minimum Gasteiger partial charge on any atom is -0.493 e. The third kappa shape index (κ3) is 8.80. The van der Waals surface area contributed by atoms with E-state index >= 15 is 0 Å². The van der Waals surface area contributed by atoms with Crippen molar-refractivity contribution < 1.29 is 13.9 Å². The van der Waals surface area contributed by atoms with E-state index in [9.17, 15) is 4.39 Å². The van der Waals surface area contributed by atoms with E-state index in [0.29, 0.717) is 18.9 Å². The van der Waals surface area contributed by atoms with Crippen molar-refractivity contribution in [3.05, 3.63) is 59.4 Å². The number of benzene rings is 2. The maximum Gasteiger partial charge on any atom is 0.166 e. The first-order valence-corrected chi connectivity index (χ1v) is 8.48. The van der Waals surface area contributed by atoms with Crippen molar-refractivity contribution in [2.75, 3.05) is 34.3 Å². The number of methoxy groups -OCH3 is 1. The molecule has 0 heterocycles. The van der Waals surface area contributed by atoms with Crippen LogP contribution in [0.25, 0.3) is 0 Å². The lowest BCUT2D eigenvalue weighted by Gasteiger charge is -2.16. The monoisotopic (exact) mass is 418 g/mol. The molecule has 0 aliphatic carbocycles. The fourth-order valence-corrected chi connectivity index (χ4v) is 2.50. The number of hydrogen-bond donors (Lipinski definition) is 1. The van der Waals surface area contributed by atoms with E-state index < -0.39 is 0 Å². The molecular weight excluding hydrogens is 390 g/mol. The molecule has 0 aliphatic rings. The first-order chi connectivity index (χ1) is 12.1. The highest BCUT2D eigenvalue weighted by Gasteiger charge is 2.11. The number of hydrogen-bond acceptors (Lipinski definition) is 4. The molecule has 0 saturated carbocycles. The van der Waals surface area contributed by atoms with Gasteiger partial charge in [0.25, 0.3) is 0 Å². The fraction of sp³-hybridized carbons (Fsp3) is 0.400. The van der Waals surface area contributed by atoms with Gasteiger partial charge in [0, 0.05) is 12.1 Å². The maximum atomic E-state index is 13.0. The van der Waals surface area contributed by atoms with Crippen LogP contribution in [0.5, 0.6) is 11.5 Å². The summed E-state index contributed by atoms with van der Waals surface area (Å²) in [6.07, 6.45) is 1.09. The van der Waals surface area contributed by atoms with E-state index in [1.165, 1.54) is 12.1 Å². The van der Waals surface area contributed by atoms with Gasteiger partial charge in [-0.25, -0.2) is 4.39 Å². The maximum absolute atomic E-state index is 13.0. The van der Waals surface area contributed by atoms with Crippen LogP contribution in [0.1, 0.15) is 17.5 Å². The molecule has 1 N–H and O–H groups in total. The topological polar surface area (TPSA) is 33.7 Å². The van der Waals surface area contributed by atoms with Crippen molar-refractivity contribution in [3.8, 4) is 11.5 Å². The molecule has 152 valence electrons. The summed E-state index contributed by atoms with van der Waals surface area (Å²) in [6, 6.07) is 12.2. The lowest BCUT2D eigenvalue weighted by molar-refractivity contribution is 0.280. The van der Waals surface area contributed by atoms with Crippen LogP contribution < -0.4 is 14.8 Å². The van der Waals surface area contributed by atoms with E-state index in [1.54, 1.807) is 19.2 Å². The van der Waals surface area contributed by atoms with Gasteiger partial charge in [0.1, 0.15) is 12.4 Å². The van der Waals surface area contributed by atoms with Crippen LogP contribution in [-0.4, -0.2) is 39.2 Å². The van der Waals surface area contributed by atoms with E-state index in [2.05, 4.69) is 24.3 Å². The molecule has 0 aromatic heterocycles. The number of nitrogens with zero attached hydrogens (tertiary/aromatic N) is 1. The van der Waals surface area contributed by atoms with E-state index in [4.69, 9.17) is 9.47 Å². The van der Waals surface area contributed by atoms with Crippen LogP contribution in [0.4, 0.5) is 4.39 Å². The van der Waals surface area contributed by atoms with Crippen LogP contribution in [-0.2, 0) is 13.2 Å². The smallest absolute Gasteiger partial charge is 0.166 e. The third-order valence-electron chi connectivity index (χ3n) is 3.85. The van der Waals surface area contributed by atoms with Gasteiger partial charge in [-0.15, -0.1) is 24.8 Å². The highest BCUT2D eigenvalue weighted by molar-refractivity contribution is 5.85. The molecule has 2 aromatic rings. The zero-order chi connectivity index (χ0) is 18.1.